The number of aliphatic hydroxyl groups excluding tert-OH is 1. The van der Waals surface area contributed by atoms with Gasteiger partial charge in [-0.15, -0.1) is 0 Å². The Labute approximate surface area is 90.7 Å². The van der Waals surface area contributed by atoms with Gasteiger partial charge in [0.1, 0.15) is 0 Å². The van der Waals surface area contributed by atoms with Crippen molar-refractivity contribution in [2.75, 3.05) is 24.6 Å². The maximum absolute atomic E-state index is 8.89. The maximum Gasteiger partial charge on any atom is 0.0606 e. The van der Waals surface area contributed by atoms with Crippen molar-refractivity contribution < 1.29 is 5.11 Å². The molecular weight excluding hydrogens is 190 g/mol. The highest BCUT2D eigenvalue weighted by Gasteiger charge is 2.05. The molecule has 0 unspecified atom stereocenters. The molecule has 0 amide bonds. The predicted molar refractivity (Wildman–Crippen MR) is 61.8 cm³/mol. The summed E-state index contributed by atoms with van der Waals surface area (Å²) in [6, 6.07) is 3.89. The van der Waals surface area contributed by atoms with Crippen molar-refractivity contribution in [2.24, 2.45) is 5.73 Å². The molecule has 0 aromatic carbocycles. The Morgan fingerprint density at radius 2 is 2.27 bits per heavy atom. The monoisotopic (exact) mass is 209 g/mol. The molecule has 0 radical (unpaired) electrons. The molecule has 1 atom stereocenters. The number of rotatable bonds is 5. The lowest BCUT2D eigenvalue weighted by Crippen LogP contribution is -2.26. The molecule has 0 bridgehead atoms. The molecule has 0 saturated heterocycles. The average Bonchev–Trinajstić information content (AvgIpc) is 2.26. The molecule has 1 aromatic heterocycles. The largest absolute Gasteiger partial charge is 0.395 e. The Balaban J connectivity index is 2.77. The van der Waals surface area contributed by atoms with Crippen LogP contribution in [-0.2, 0) is 0 Å². The van der Waals surface area contributed by atoms with Crippen LogP contribution in [0, 0.1) is 0 Å². The molecule has 15 heavy (non-hydrogen) atoms. The normalized spacial score (nSPS) is 12.5. The lowest BCUT2D eigenvalue weighted by molar-refractivity contribution is 0.302. The van der Waals surface area contributed by atoms with Crippen LogP contribution >= 0.6 is 0 Å². The first kappa shape index (κ1) is 11.9. The van der Waals surface area contributed by atoms with E-state index in [9.17, 15) is 0 Å². The third-order valence-corrected chi connectivity index (χ3v) is 2.35. The Bertz CT molecular complexity index is 284. The average molecular weight is 209 g/mol. The van der Waals surface area contributed by atoms with Crippen molar-refractivity contribution in [3.05, 3.63) is 24.0 Å². The number of nitrogens with two attached hydrogens (primary N) is 1. The molecule has 0 spiro atoms. The van der Waals surface area contributed by atoms with E-state index in [1.54, 1.807) is 6.20 Å². The Morgan fingerprint density at radius 3 is 2.67 bits per heavy atom. The van der Waals surface area contributed by atoms with Crippen LogP contribution in [0.2, 0.25) is 0 Å². The summed E-state index contributed by atoms with van der Waals surface area (Å²) in [4.78, 5) is 6.35. The third kappa shape index (κ3) is 3.18. The molecule has 0 aliphatic rings. The topological polar surface area (TPSA) is 62.4 Å². The molecule has 1 aromatic rings. The number of aliphatic hydroxyl groups is 1. The van der Waals surface area contributed by atoms with E-state index in [4.69, 9.17) is 10.8 Å². The summed E-state index contributed by atoms with van der Waals surface area (Å²) in [6.45, 7) is 5.61. The Kier molecular flexibility index (Phi) is 4.52. The van der Waals surface area contributed by atoms with Gasteiger partial charge in [0.15, 0.2) is 0 Å². The molecule has 4 heteroatoms. The van der Waals surface area contributed by atoms with Gasteiger partial charge in [-0.25, -0.2) is 0 Å². The second kappa shape index (κ2) is 5.68. The van der Waals surface area contributed by atoms with Gasteiger partial charge in [0.05, 0.1) is 24.2 Å². The first-order valence-electron chi connectivity index (χ1n) is 5.26. The van der Waals surface area contributed by atoms with Crippen LogP contribution in [0.3, 0.4) is 0 Å². The summed E-state index contributed by atoms with van der Waals surface area (Å²) in [6.07, 6.45) is 1.80. The highest BCUT2D eigenvalue weighted by Crippen LogP contribution is 2.14. The summed E-state index contributed by atoms with van der Waals surface area (Å²) in [7, 11) is 0. The molecule has 0 aliphatic carbocycles. The second-order valence-corrected chi connectivity index (χ2v) is 3.53. The van der Waals surface area contributed by atoms with Gasteiger partial charge >= 0.3 is 0 Å². The van der Waals surface area contributed by atoms with E-state index in [1.807, 2.05) is 19.1 Å². The number of nitrogens with zero attached hydrogens (tertiary/aromatic N) is 2. The van der Waals surface area contributed by atoms with Crippen LogP contribution in [0.15, 0.2) is 18.3 Å². The fraction of sp³-hybridized carbons (Fsp3) is 0.545. The number of aromatic nitrogens is 1. The zero-order valence-electron chi connectivity index (χ0n) is 9.35. The molecule has 1 heterocycles. The van der Waals surface area contributed by atoms with Gasteiger partial charge in [-0.1, -0.05) is 0 Å². The second-order valence-electron chi connectivity index (χ2n) is 3.53. The van der Waals surface area contributed by atoms with Gasteiger partial charge in [-0.2, -0.15) is 0 Å². The van der Waals surface area contributed by atoms with E-state index in [2.05, 4.69) is 16.8 Å². The summed E-state index contributed by atoms with van der Waals surface area (Å²) >= 11 is 0. The molecular formula is C11H19N3O. The van der Waals surface area contributed by atoms with Crippen molar-refractivity contribution in [3.8, 4) is 0 Å². The Morgan fingerprint density at radius 1 is 1.53 bits per heavy atom. The van der Waals surface area contributed by atoms with Gasteiger partial charge in [0.25, 0.3) is 0 Å². The minimum Gasteiger partial charge on any atom is -0.395 e. The van der Waals surface area contributed by atoms with Crippen LogP contribution in [0.25, 0.3) is 0 Å². The van der Waals surface area contributed by atoms with Gasteiger partial charge in [0.2, 0.25) is 0 Å². The summed E-state index contributed by atoms with van der Waals surface area (Å²) in [5, 5.41) is 8.89. The van der Waals surface area contributed by atoms with Crippen LogP contribution in [0.4, 0.5) is 5.69 Å². The Hall–Kier alpha value is -1.13. The van der Waals surface area contributed by atoms with Crippen molar-refractivity contribution in [3.63, 3.8) is 0 Å². The van der Waals surface area contributed by atoms with Gasteiger partial charge in [-0.3, -0.25) is 4.98 Å². The van der Waals surface area contributed by atoms with E-state index in [0.29, 0.717) is 6.54 Å². The summed E-state index contributed by atoms with van der Waals surface area (Å²) in [5.41, 5.74) is 7.63. The molecule has 0 aliphatic heterocycles. The van der Waals surface area contributed by atoms with E-state index < -0.39 is 0 Å². The molecule has 3 N–H and O–H groups in total. The van der Waals surface area contributed by atoms with E-state index in [0.717, 1.165) is 17.9 Å². The minimum atomic E-state index is -0.0352. The fourth-order valence-corrected chi connectivity index (χ4v) is 1.44. The molecule has 0 saturated carbocycles. The predicted octanol–water partition coefficient (Wildman–Crippen LogP) is 0.920. The number of hydrogen-bond acceptors (Lipinski definition) is 4. The highest BCUT2D eigenvalue weighted by atomic mass is 16.3. The van der Waals surface area contributed by atoms with Crippen LogP contribution in [0.1, 0.15) is 25.6 Å². The number of likely N-dealkylation sites (N-methyl/N-ethyl adjacent to an activating group) is 1. The van der Waals surface area contributed by atoms with Crippen molar-refractivity contribution in [1.82, 2.24) is 4.98 Å². The lowest BCUT2D eigenvalue weighted by atomic mass is 10.2. The number of hydrogen-bond donors (Lipinski definition) is 2. The van der Waals surface area contributed by atoms with Crippen LogP contribution in [0.5, 0.6) is 0 Å². The van der Waals surface area contributed by atoms with Gasteiger partial charge in [0, 0.05) is 19.1 Å². The van der Waals surface area contributed by atoms with Crippen molar-refractivity contribution in [1.29, 1.82) is 0 Å². The molecule has 0 fully saturated rings. The van der Waals surface area contributed by atoms with E-state index in [1.165, 1.54) is 0 Å². The van der Waals surface area contributed by atoms with Crippen LogP contribution in [-0.4, -0.2) is 29.8 Å². The maximum atomic E-state index is 8.89. The summed E-state index contributed by atoms with van der Waals surface area (Å²) in [5.74, 6) is 0. The van der Waals surface area contributed by atoms with Gasteiger partial charge in [-0.05, 0) is 26.0 Å². The molecule has 84 valence electrons. The number of pyridine rings is 1. The zero-order chi connectivity index (χ0) is 11.3. The zero-order valence-corrected chi connectivity index (χ0v) is 9.35. The number of anilines is 1. The third-order valence-electron chi connectivity index (χ3n) is 2.35. The fourth-order valence-electron chi connectivity index (χ4n) is 1.44. The first-order chi connectivity index (χ1) is 7.19. The lowest BCUT2D eigenvalue weighted by Gasteiger charge is -2.21. The van der Waals surface area contributed by atoms with Crippen molar-refractivity contribution in [2.45, 2.75) is 19.9 Å². The van der Waals surface area contributed by atoms with Crippen molar-refractivity contribution >= 4 is 5.69 Å². The SMILES string of the molecule is CCN(CCO)c1ccc([C@@H](C)N)nc1. The minimum absolute atomic E-state index is 0.0352. The summed E-state index contributed by atoms with van der Waals surface area (Å²) < 4.78 is 0. The first-order valence-corrected chi connectivity index (χ1v) is 5.26. The molecule has 1 rings (SSSR count). The van der Waals surface area contributed by atoms with Gasteiger partial charge < -0.3 is 15.7 Å². The smallest absolute Gasteiger partial charge is 0.0606 e. The highest BCUT2D eigenvalue weighted by molar-refractivity contribution is 5.44. The quantitative estimate of drug-likeness (QED) is 0.757. The van der Waals surface area contributed by atoms with E-state index in [-0.39, 0.29) is 12.6 Å². The standard InChI is InChI=1S/C11H19N3O/c1-3-14(6-7-15)10-4-5-11(9(2)12)13-8-10/h4-5,8-9,15H,3,6-7,12H2,1-2H3/t9-/m1/s1. The van der Waals surface area contributed by atoms with Crippen LogP contribution < -0.4 is 10.6 Å². The van der Waals surface area contributed by atoms with E-state index >= 15 is 0 Å². The molecule has 4 nitrogen and oxygen atoms in total.